The molecule has 0 saturated carbocycles. The van der Waals surface area contributed by atoms with Crippen molar-refractivity contribution in [1.82, 2.24) is 0 Å². The molecule has 1 N–H and O–H groups in total. The molecule has 3 aromatic rings. The number of amides is 2. The molecule has 0 bridgehead atoms. The Labute approximate surface area is 179 Å². The summed E-state index contributed by atoms with van der Waals surface area (Å²) >= 11 is 6.34. The van der Waals surface area contributed by atoms with Gasteiger partial charge >= 0.3 is 6.09 Å². The first kappa shape index (κ1) is 19.8. The predicted molar refractivity (Wildman–Crippen MR) is 116 cm³/mol. The van der Waals surface area contributed by atoms with E-state index >= 15 is 0 Å². The summed E-state index contributed by atoms with van der Waals surface area (Å²) in [5, 5.41) is 3.20. The molecule has 0 radical (unpaired) electrons. The molecule has 1 heterocycles. The van der Waals surface area contributed by atoms with Crippen LogP contribution in [-0.4, -0.2) is 31.8 Å². The number of anilines is 2. The normalized spacial score (nSPS) is 13.1. The van der Waals surface area contributed by atoms with Crippen molar-refractivity contribution in [3.8, 4) is 16.9 Å². The van der Waals surface area contributed by atoms with Crippen LogP contribution in [0.15, 0.2) is 72.8 Å². The summed E-state index contributed by atoms with van der Waals surface area (Å²) in [4.78, 5) is 25.7. The Kier molecular flexibility index (Phi) is 5.86. The molecule has 1 fully saturated rings. The number of hydrogen-bond acceptors (Lipinski definition) is 4. The molecule has 2 amide bonds. The Morgan fingerprint density at radius 3 is 2.53 bits per heavy atom. The van der Waals surface area contributed by atoms with Gasteiger partial charge in [-0.05, 0) is 35.4 Å². The van der Waals surface area contributed by atoms with E-state index in [-0.39, 0.29) is 12.5 Å². The molecular formula is C23H19ClN2O4. The molecule has 1 saturated heterocycles. The molecular weight excluding hydrogens is 404 g/mol. The van der Waals surface area contributed by atoms with Gasteiger partial charge in [0.25, 0.3) is 5.91 Å². The molecule has 4 rings (SSSR count). The number of benzene rings is 3. The van der Waals surface area contributed by atoms with Crippen LogP contribution in [0.5, 0.6) is 5.75 Å². The Balaban J connectivity index is 1.41. The van der Waals surface area contributed by atoms with Gasteiger partial charge in [-0.2, -0.15) is 0 Å². The molecule has 1 aliphatic heterocycles. The highest BCUT2D eigenvalue weighted by Gasteiger charge is 2.26. The molecule has 30 heavy (non-hydrogen) atoms. The minimum absolute atomic E-state index is 0.219. The summed E-state index contributed by atoms with van der Waals surface area (Å²) in [6, 6.07) is 22.3. The fourth-order valence-corrected chi connectivity index (χ4v) is 3.42. The molecule has 0 spiro atoms. The van der Waals surface area contributed by atoms with Gasteiger partial charge < -0.3 is 14.8 Å². The standard InChI is InChI=1S/C23H19ClN2O4/c24-18-14-17(16-6-2-1-3-7-16)10-11-21(18)30-15-22(27)25-19-8-4-5-9-20(19)26-12-13-29-23(26)28/h1-11,14H,12-13,15H2,(H,25,27). The second-order valence-electron chi connectivity index (χ2n) is 6.63. The maximum Gasteiger partial charge on any atom is 0.414 e. The summed E-state index contributed by atoms with van der Waals surface area (Å²) in [5.74, 6) is 0.0566. The maximum atomic E-state index is 12.4. The van der Waals surface area contributed by atoms with Gasteiger partial charge in [-0.15, -0.1) is 0 Å². The number of carbonyl (C=O) groups excluding carboxylic acids is 2. The summed E-state index contributed by atoms with van der Waals surface area (Å²) in [5.41, 5.74) is 3.10. The van der Waals surface area contributed by atoms with Crippen LogP contribution >= 0.6 is 11.6 Å². The molecule has 6 nitrogen and oxygen atoms in total. The first-order valence-electron chi connectivity index (χ1n) is 9.43. The fraction of sp³-hybridized carbons (Fsp3) is 0.130. The SMILES string of the molecule is O=C(COc1ccc(-c2ccccc2)cc1Cl)Nc1ccccc1N1CCOC1=O. The Morgan fingerprint density at radius 1 is 1.03 bits per heavy atom. The van der Waals surface area contributed by atoms with Gasteiger partial charge in [0.05, 0.1) is 22.9 Å². The van der Waals surface area contributed by atoms with Crippen LogP contribution in [0.25, 0.3) is 11.1 Å². The minimum Gasteiger partial charge on any atom is -0.482 e. The number of cyclic esters (lactones) is 1. The quantitative estimate of drug-likeness (QED) is 0.608. The molecule has 0 unspecified atom stereocenters. The summed E-state index contributed by atoms with van der Waals surface area (Å²) in [6.07, 6.45) is -0.432. The highest BCUT2D eigenvalue weighted by atomic mass is 35.5. The Morgan fingerprint density at radius 2 is 1.80 bits per heavy atom. The predicted octanol–water partition coefficient (Wildman–Crippen LogP) is 4.98. The molecule has 0 aromatic heterocycles. The third-order valence-electron chi connectivity index (χ3n) is 4.63. The van der Waals surface area contributed by atoms with Crippen LogP contribution in [0.1, 0.15) is 0 Å². The van der Waals surface area contributed by atoms with E-state index in [1.54, 1.807) is 36.4 Å². The zero-order valence-corrected chi connectivity index (χ0v) is 16.8. The lowest BCUT2D eigenvalue weighted by atomic mass is 10.1. The molecule has 7 heteroatoms. The minimum atomic E-state index is -0.432. The lowest BCUT2D eigenvalue weighted by molar-refractivity contribution is -0.118. The lowest BCUT2D eigenvalue weighted by Crippen LogP contribution is -2.26. The monoisotopic (exact) mass is 422 g/mol. The zero-order chi connectivity index (χ0) is 20.9. The zero-order valence-electron chi connectivity index (χ0n) is 16.0. The number of para-hydroxylation sites is 2. The van der Waals surface area contributed by atoms with E-state index in [0.29, 0.717) is 35.3 Å². The van der Waals surface area contributed by atoms with Gasteiger partial charge in [0.1, 0.15) is 12.4 Å². The van der Waals surface area contributed by atoms with Crippen molar-refractivity contribution in [3.05, 3.63) is 77.8 Å². The van der Waals surface area contributed by atoms with E-state index in [0.717, 1.165) is 11.1 Å². The summed E-state index contributed by atoms with van der Waals surface area (Å²) < 4.78 is 10.6. The largest absolute Gasteiger partial charge is 0.482 e. The van der Waals surface area contributed by atoms with Crippen molar-refractivity contribution in [3.63, 3.8) is 0 Å². The molecule has 1 aliphatic rings. The van der Waals surface area contributed by atoms with Gasteiger partial charge in [0.15, 0.2) is 6.61 Å². The number of nitrogens with zero attached hydrogens (tertiary/aromatic N) is 1. The third-order valence-corrected chi connectivity index (χ3v) is 4.92. The van der Waals surface area contributed by atoms with Gasteiger partial charge in [-0.3, -0.25) is 9.69 Å². The number of halogens is 1. The summed E-state index contributed by atoms with van der Waals surface area (Å²) in [6.45, 7) is 0.538. The third kappa shape index (κ3) is 4.39. The number of ether oxygens (including phenoxy) is 2. The van der Waals surface area contributed by atoms with E-state index in [1.165, 1.54) is 4.90 Å². The van der Waals surface area contributed by atoms with Crippen molar-refractivity contribution < 1.29 is 19.1 Å². The highest BCUT2D eigenvalue weighted by molar-refractivity contribution is 6.32. The van der Waals surface area contributed by atoms with E-state index in [9.17, 15) is 9.59 Å². The number of hydrogen-bond donors (Lipinski definition) is 1. The lowest BCUT2D eigenvalue weighted by Gasteiger charge is -2.18. The summed E-state index contributed by atoms with van der Waals surface area (Å²) in [7, 11) is 0. The molecule has 152 valence electrons. The topological polar surface area (TPSA) is 67.9 Å². The smallest absolute Gasteiger partial charge is 0.414 e. The van der Waals surface area contributed by atoms with E-state index in [4.69, 9.17) is 21.1 Å². The number of rotatable bonds is 6. The molecule has 0 aliphatic carbocycles. The average molecular weight is 423 g/mol. The van der Waals surface area contributed by atoms with Crippen molar-refractivity contribution in [2.75, 3.05) is 30.0 Å². The van der Waals surface area contributed by atoms with Crippen LogP contribution in [0, 0.1) is 0 Å². The number of carbonyl (C=O) groups is 2. The molecule has 3 aromatic carbocycles. The molecule has 0 atom stereocenters. The van der Waals surface area contributed by atoms with Crippen LogP contribution in [-0.2, 0) is 9.53 Å². The van der Waals surface area contributed by atoms with Crippen LogP contribution in [0.4, 0.5) is 16.2 Å². The first-order chi connectivity index (χ1) is 14.6. The van der Waals surface area contributed by atoms with Crippen molar-refractivity contribution in [2.45, 2.75) is 0 Å². The van der Waals surface area contributed by atoms with Gasteiger partial charge in [0, 0.05) is 0 Å². The fourth-order valence-electron chi connectivity index (χ4n) is 3.18. The average Bonchev–Trinajstić information content (AvgIpc) is 3.19. The van der Waals surface area contributed by atoms with E-state index < -0.39 is 6.09 Å². The van der Waals surface area contributed by atoms with Crippen molar-refractivity contribution in [2.24, 2.45) is 0 Å². The maximum absolute atomic E-state index is 12.4. The van der Waals surface area contributed by atoms with Crippen LogP contribution in [0.3, 0.4) is 0 Å². The van der Waals surface area contributed by atoms with Crippen LogP contribution < -0.4 is 15.0 Å². The van der Waals surface area contributed by atoms with E-state index in [1.807, 2.05) is 36.4 Å². The Bertz CT molecular complexity index is 1070. The van der Waals surface area contributed by atoms with Crippen molar-refractivity contribution >= 4 is 35.0 Å². The highest BCUT2D eigenvalue weighted by Crippen LogP contribution is 2.31. The van der Waals surface area contributed by atoms with E-state index in [2.05, 4.69) is 5.32 Å². The second kappa shape index (κ2) is 8.88. The van der Waals surface area contributed by atoms with Crippen LogP contribution in [0.2, 0.25) is 5.02 Å². The number of nitrogens with one attached hydrogen (secondary N) is 1. The van der Waals surface area contributed by atoms with Gasteiger partial charge in [-0.25, -0.2) is 4.79 Å². The first-order valence-corrected chi connectivity index (χ1v) is 9.80. The second-order valence-corrected chi connectivity index (χ2v) is 7.04. The van der Waals surface area contributed by atoms with Gasteiger partial charge in [-0.1, -0.05) is 60.1 Å². The Hall–Kier alpha value is -3.51. The van der Waals surface area contributed by atoms with Crippen molar-refractivity contribution in [1.29, 1.82) is 0 Å². The van der Waals surface area contributed by atoms with Gasteiger partial charge in [0.2, 0.25) is 0 Å².